The Kier molecular flexibility index (Phi) is 5.93. The Morgan fingerprint density at radius 3 is 2.59 bits per heavy atom. The molecule has 0 aromatic heterocycles. The first kappa shape index (κ1) is 20.3. The molecule has 1 aromatic rings. The van der Waals surface area contributed by atoms with Gasteiger partial charge in [0.05, 0.1) is 4.90 Å². The molecule has 0 bridgehead atoms. The van der Waals surface area contributed by atoms with Crippen LogP contribution in [0, 0.1) is 12.8 Å². The van der Waals surface area contributed by atoms with Crippen molar-refractivity contribution in [1.29, 1.82) is 0 Å². The van der Waals surface area contributed by atoms with Gasteiger partial charge < -0.3 is 10.6 Å². The lowest BCUT2D eigenvalue weighted by Gasteiger charge is -2.32. The largest absolute Gasteiger partial charge is 0.336 e. The summed E-state index contributed by atoms with van der Waals surface area (Å²) in [5.74, 6) is 0.213. The maximum Gasteiger partial charge on any atom is 0.254 e. The number of likely N-dealkylation sites (tertiary alicyclic amines) is 1. The SMILES string of the molecule is Cc1ccc(S(=O)(=O)N2CCCCC2C)cc1C(=O)N1CC(CN)CC1C. The van der Waals surface area contributed by atoms with Crippen molar-refractivity contribution in [3.63, 3.8) is 0 Å². The zero-order chi connectivity index (χ0) is 19.8. The summed E-state index contributed by atoms with van der Waals surface area (Å²) < 4.78 is 27.9. The second-order valence-electron chi connectivity index (χ2n) is 8.08. The molecule has 1 aromatic carbocycles. The quantitative estimate of drug-likeness (QED) is 0.851. The molecule has 0 radical (unpaired) electrons. The third kappa shape index (κ3) is 3.91. The van der Waals surface area contributed by atoms with Crippen LogP contribution in [0.1, 0.15) is 55.5 Å². The number of nitrogens with zero attached hydrogens (tertiary/aromatic N) is 2. The maximum atomic E-state index is 13.2. The first-order valence-corrected chi connectivity index (χ1v) is 11.3. The van der Waals surface area contributed by atoms with E-state index < -0.39 is 10.0 Å². The van der Waals surface area contributed by atoms with Crippen LogP contribution in [0.3, 0.4) is 0 Å². The van der Waals surface area contributed by atoms with Crippen molar-refractivity contribution in [2.24, 2.45) is 11.7 Å². The van der Waals surface area contributed by atoms with Crippen LogP contribution in [-0.4, -0.2) is 55.2 Å². The molecule has 7 heteroatoms. The predicted octanol–water partition coefficient (Wildman–Crippen LogP) is 2.37. The predicted molar refractivity (Wildman–Crippen MR) is 106 cm³/mol. The Balaban J connectivity index is 1.91. The number of amides is 1. The van der Waals surface area contributed by atoms with E-state index in [1.54, 1.807) is 22.5 Å². The molecular weight excluding hydrogens is 362 g/mol. The molecule has 2 fully saturated rings. The lowest BCUT2D eigenvalue weighted by atomic mass is 10.1. The summed E-state index contributed by atoms with van der Waals surface area (Å²) in [5, 5.41) is 0. The van der Waals surface area contributed by atoms with Crippen molar-refractivity contribution in [3.05, 3.63) is 29.3 Å². The van der Waals surface area contributed by atoms with Crippen molar-refractivity contribution in [3.8, 4) is 0 Å². The fourth-order valence-corrected chi connectivity index (χ4v) is 6.03. The number of nitrogens with two attached hydrogens (primary N) is 1. The van der Waals surface area contributed by atoms with Gasteiger partial charge in [0.25, 0.3) is 5.91 Å². The van der Waals surface area contributed by atoms with E-state index in [0.29, 0.717) is 31.1 Å². The van der Waals surface area contributed by atoms with Crippen LogP contribution in [-0.2, 0) is 10.0 Å². The number of carbonyl (C=O) groups is 1. The number of rotatable bonds is 4. The normalized spacial score (nSPS) is 27.1. The molecule has 3 rings (SSSR count). The van der Waals surface area contributed by atoms with Gasteiger partial charge in [-0.3, -0.25) is 4.79 Å². The van der Waals surface area contributed by atoms with E-state index in [-0.39, 0.29) is 22.9 Å². The number of hydrogen-bond acceptors (Lipinski definition) is 4. The van der Waals surface area contributed by atoms with Crippen molar-refractivity contribution < 1.29 is 13.2 Å². The molecule has 0 spiro atoms. The number of sulfonamides is 1. The monoisotopic (exact) mass is 393 g/mol. The minimum atomic E-state index is -3.59. The molecule has 27 heavy (non-hydrogen) atoms. The zero-order valence-corrected chi connectivity index (χ0v) is 17.3. The van der Waals surface area contributed by atoms with E-state index in [4.69, 9.17) is 5.73 Å². The Hall–Kier alpha value is -1.44. The van der Waals surface area contributed by atoms with Gasteiger partial charge in [0.2, 0.25) is 10.0 Å². The Morgan fingerprint density at radius 1 is 1.22 bits per heavy atom. The molecule has 150 valence electrons. The third-order valence-electron chi connectivity index (χ3n) is 6.04. The van der Waals surface area contributed by atoms with Gasteiger partial charge in [-0.15, -0.1) is 0 Å². The van der Waals surface area contributed by atoms with Crippen LogP contribution < -0.4 is 5.73 Å². The second-order valence-corrected chi connectivity index (χ2v) is 9.97. The fraction of sp³-hybridized carbons (Fsp3) is 0.650. The minimum absolute atomic E-state index is 0.00637. The van der Waals surface area contributed by atoms with E-state index in [1.165, 1.54) is 0 Å². The van der Waals surface area contributed by atoms with Gasteiger partial charge in [-0.2, -0.15) is 4.31 Å². The first-order valence-electron chi connectivity index (χ1n) is 9.89. The summed E-state index contributed by atoms with van der Waals surface area (Å²) >= 11 is 0. The standard InChI is InChI=1S/C20H31N3O3S/c1-14-7-8-18(27(25,26)23-9-5-4-6-15(23)2)11-19(14)20(24)22-13-17(12-21)10-16(22)3/h7-8,11,15-17H,4-6,9-10,12-13,21H2,1-3H3. The van der Waals surface area contributed by atoms with Crippen LogP contribution in [0.15, 0.2) is 23.1 Å². The number of benzene rings is 1. The molecule has 3 unspecified atom stereocenters. The molecule has 6 nitrogen and oxygen atoms in total. The van der Waals surface area contributed by atoms with Gasteiger partial charge in [-0.1, -0.05) is 12.5 Å². The smallest absolute Gasteiger partial charge is 0.254 e. The van der Waals surface area contributed by atoms with Crippen molar-refractivity contribution in [2.45, 2.75) is 63.4 Å². The van der Waals surface area contributed by atoms with Crippen molar-refractivity contribution >= 4 is 15.9 Å². The molecule has 2 heterocycles. The van der Waals surface area contributed by atoms with Gasteiger partial charge in [0.1, 0.15) is 0 Å². The van der Waals surface area contributed by atoms with Crippen molar-refractivity contribution in [2.75, 3.05) is 19.6 Å². The van der Waals surface area contributed by atoms with E-state index in [0.717, 1.165) is 31.2 Å². The van der Waals surface area contributed by atoms with Crippen LogP contribution in [0.25, 0.3) is 0 Å². The highest BCUT2D eigenvalue weighted by molar-refractivity contribution is 7.89. The minimum Gasteiger partial charge on any atom is -0.336 e. The summed E-state index contributed by atoms with van der Waals surface area (Å²) in [7, 11) is -3.59. The Morgan fingerprint density at radius 2 is 1.96 bits per heavy atom. The number of carbonyl (C=O) groups excluding carboxylic acids is 1. The molecular formula is C20H31N3O3S. The van der Waals surface area contributed by atoms with Gasteiger partial charge in [-0.05, 0) is 70.2 Å². The van der Waals surface area contributed by atoms with Gasteiger partial charge >= 0.3 is 0 Å². The van der Waals surface area contributed by atoms with E-state index in [2.05, 4.69) is 0 Å². The van der Waals surface area contributed by atoms with Gasteiger partial charge in [-0.25, -0.2) is 8.42 Å². The molecule has 0 saturated carbocycles. The average Bonchev–Trinajstić information content (AvgIpc) is 3.02. The topological polar surface area (TPSA) is 83.7 Å². The molecule has 1 amide bonds. The summed E-state index contributed by atoms with van der Waals surface area (Å²) in [4.78, 5) is 15.2. The van der Waals surface area contributed by atoms with Gasteiger partial charge in [0, 0.05) is 30.7 Å². The fourth-order valence-electron chi connectivity index (χ4n) is 4.31. The molecule has 2 saturated heterocycles. The highest BCUT2D eigenvalue weighted by Gasteiger charge is 2.35. The lowest BCUT2D eigenvalue weighted by Crippen LogP contribution is -2.42. The lowest BCUT2D eigenvalue weighted by molar-refractivity contribution is 0.0742. The number of piperidine rings is 1. The van der Waals surface area contributed by atoms with Crippen LogP contribution in [0.5, 0.6) is 0 Å². The number of hydrogen-bond donors (Lipinski definition) is 1. The highest BCUT2D eigenvalue weighted by atomic mass is 32.2. The summed E-state index contributed by atoms with van der Waals surface area (Å²) in [6.07, 6.45) is 3.71. The second kappa shape index (κ2) is 7.89. The Labute approximate surface area is 162 Å². The van der Waals surface area contributed by atoms with Crippen LogP contribution in [0.4, 0.5) is 0 Å². The third-order valence-corrected chi connectivity index (χ3v) is 8.05. The summed E-state index contributed by atoms with van der Waals surface area (Å²) in [6, 6.07) is 5.05. The Bertz CT molecular complexity index is 809. The molecule has 2 N–H and O–H groups in total. The van der Waals surface area contributed by atoms with Crippen LogP contribution >= 0.6 is 0 Å². The molecule has 2 aliphatic rings. The van der Waals surface area contributed by atoms with Crippen LogP contribution in [0.2, 0.25) is 0 Å². The highest BCUT2D eigenvalue weighted by Crippen LogP contribution is 2.29. The summed E-state index contributed by atoms with van der Waals surface area (Å²) in [6.45, 7) is 7.58. The van der Waals surface area contributed by atoms with E-state index >= 15 is 0 Å². The zero-order valence-electron chi connectivity index (χ0n) is 16.5. The maximum absolute atomic E-state index is 13.2. The first-order chi connectivity index (χ1) is 12.8. The molecule has 2 aliphatic heterocycles. The molecule has 3 atom stereocenters. The summed E-state index contributed by atoms with van der Waals surface area (Å²) in [5.41, 5.74) is 7.06. The number of aryl methyl sites for hydroxylation is 1. The van der Waals surface area contributed by atoms with E-state index in [1.807, 2.05) is 25.7 Å². The molecule has 0 aliphatic carbocycles. The van der Waals surface area contributed by atoms with Crippen molar-refractivity contribution in [1.82, 2.24) is 9.21 Å². The van der Waals surface area contributed by atoms with Gasteiger partial charge in [0.15, 0.2) is 0 Å². The van der Waals surface area contributed by atoms with E-state index in [9.17, 15) is 13.2 Å². The average molecular weight is 394 g/mol.